The van der Waals surface area contributed by atoms with Gasteiger partial charge in [0.25, 0.3) is 0 Å². The van der Waals surface area contributed by atoms with E-state index < -0.39 is 38.5 Å². The minimum atomic E-state index is -2.40. The Balaban J connectivity index is 1.31. The van der Waals surface area contributed by atoms with Gasteiger partial charge in [0, 0.05) is 3.57 Å². The molecule has 0 unspecified atom stereocenters. The van der Waals surface area contributed by atoms with E-state index in [4.69, 9.17) is 38.0 Å². The lowest BCUT2D eigenvalue weighted by atomic mass is 10.0. The first kappa shape index (κ1) is 36.8. The quantitative estimate of drug-likeness (QED) is 0.0531. The van der Waals surface area contributed by atoms with Crippen LogP contribution in [0.3, 0.4) is 0 Å². The summed E-state index contributed by atoms with van der Waals surface area (Å²) in [4.78, 5) is 5.70. The summed E-state index contributed by atoms with van der Waals surface area (Å²) in [5.74, 6) is 0.543. The van der Waals surface area contributed by atoms with Crippen LogP contribution >= 0.6 is 22.6 Å². The van der Waals surface area contributed by atoms with Crippen molar-refractivity contribution in [3.05, 3.63) is 93.1 Å². The van der Waals surface area contributed by atoms with Gasteiger partial charge in [-0.25, -0.2) is 0 Å². The summed E-state index contributed by atoms with van der Waals surface area (Å²) in [6.07, 6.45) is 1.21. The standard InChI is InChI=1S/C38H48IN3O7Si/c1-37(2,3)50(6,7)49-36(35-34(47-38(4,5)48-35)21-41-46-23-26-14-10-8-11-15-26)33(20-40-42-22-30(42)27-16-12-9-13-17-27)43-24-28-18-31-32(19-29(28)39)45-25-44-31/h8-21,30,33-36H,22-25H2,1-7H3/b40-20+,41-21+/t30-,33+,34-,35-,36-,42?/m0/s1. The fourth-order valence-electron chi connectivity index (χ4n) is 5.65. The maximum atomic E-state index is 7.25. The molecule has 3 heterocycles. The van der Waals surface area contributed by atoms with Gasteiger partial charge in [0.1, 0.15) is 31.0 Å². The normalized spacial score (nSPS) is 22.7. The molecule has 0 saturated carbocycles. The van der Waals surface area contributed by atoms with Gasteiger partial charge >= 0.3 is 0 Å². The molecule has 2 saturated heterocycles. The lowest BCUT2D eigenvalue weighted by Gasteiger charge is -2.42. The molecule has 2 fully saturated rings. The molecule has 3 aliphatic heterocycles. The van der Waals surface area contributed by atoms with Gasteiger partial charge in [-0.05, 0) is 83.4 Å². The molecule has 3 aromatic carbocycles. The highest BCUT2D eigenvalue weighted by atomic mass is 127. The maximum Gasteiger partial charge on any atom is 0.231 e. The number of rotatable bonds is 14. The Kier molecular flexibility index (Phi) is 11.3. The highest BCUT2D eigenvalue weighted by Gasteiger charge is 2.51. The molecule has 0 N–H and O–H groups in total. The third-order valence-corrected chi connectivity index (χ3v) is 15.0. The minimum absolute atomic E-state index is 0.0879. The number of ether oxygens (including phenoxy) is 5. The summed E-state index contributed by atoms with van der Waals surface area (Å²) in [7, 11) is -2.40. The monoisotopic (exact) mass is 813 g/mol. The van der Waals surface area contributed by atoms with Crippen LogP contribution in [0.15, 0.2) is 83.1 Å². The van der Waals surface area contributed by atoms with Crippen molar-refractivity contribution in [1.82, 2.24) is 5.01 Å². The van der Waals surface area contributed by atoms with E-state index in [9.17, 15) is 0 Å². The number of hydrogen-bond acceptors (Lipinski definition) is 10. The molecule has 0 amide bonds. The Morgan fingerprint density at radius 3 is 2.36 bits per heavy atom. The van der Waals surface area contributed by atoms with E-state index in [0.29, 0.717) is 19.0 Å². The number of hydrogen-bond donors (Lipinski definition) is 0. The average molecular weight is 814 g/mol. The second kappa shape index (κ2) is 15.3. The van der Waals surface area contributed by atoms with Crippen LogP contribution in [0.5, 0.6) is 11.5 Å². The molecule has 50 heavy (non-hydrogen) atoms. The number of oxime groups is 1. The van der Waals surface area contributed by atoms with Crippen LogP contribution in [0, 0.1) is 3.57 Å². The molecule has 5 atom stereocenters. The lowest BCUT2D eigenvalue weighted by Crippen LogP contribution is -2.55. The van der Waals surface area contributed by atoms with Crippen molar-refractivity contribution in [2.75, 3.05) is 13.3 Å². The van der Waals surface area contributed by atoms with Gasteiger partial charge in [0.15, 0.2) is 25.6 Å². The van der Waals surface area contributed by atoms with E-state index in [1.54, 1.807) is 6.21 Å². The molecule has 0 aromatic heterocycles. The van der Waals surface area contributed by atoms with Gasteiger partial charge in [0.05, 0.1) is 31.6 Å². The number of hydrazone groups is 1. The lowest BCUT2D eigenvalue weighted by molar-refractivity contribution is -0.158. The third-order valence-electron chi connectivity index (χ3n) is 9.51. The van der Waals surface area contributed by atoms with Crippen molar-refractivity contribution in [1.29, 1.82) is 0 Å². The molecule has 0 aliphatic carbocycles. The summed E-state index contributed by atoms with van der Waals surface area (Å²) in [6.45, 7) is 16.6. The van der Waals surface area contributed by atoms with Gasteiger partial charge in [-0.3, -0.25) is 5.01 Å². The SMILES string of the molecule is CC1(C)O[C@H]([C@@H](O[Si](C)(C)C(C)(C)C)[C@@H](/C=N/N2C[C@H]2c2ccccc2)OCc2cc3c(cc2I)OCO3)[C@H](/C=N/OCc2ccccc2)O1. The molecule has 10 nitrogen and oxygen atoms in total. The Morgan fingerprint density at radius 1 is 0.980 bits per heavy atom. The highest BCUT2D eigenvalue weighted by Crippen LogP contribution is 2.42. The van der Waals surface area contributed by atoms with Crippen LogP contribution in [0.2, 0.25) is 18.1 Å². The Hall–Kier alpha value is -3.01. The third kappa shape index (κ3) is 9.07. The molecule has 0 bridgehead atoms. The van der Waals surface area contributed by atoms with E-state index in [-0.39, 0.29) is 17.9 Å². The van der Waals surface area contributed by atoms with Crippen molar-refractivity contribution in [2.24, 2.45) is 10.3 Å². The first-order valence-corrected chi connectivity index (χ1v) is 21.1. The zero-order valence-electron chi connectivity index (χ0n) is 29.9. The van der Waals surface area contributed by atoms with Gasteiger partial charge in [-0.1, -0.05) is 86.6 Å². The van der Waals surface area contributed by atoms with Crippen LogP contribution in [-0.2, 0) is 36.7 Å². The van der Waals surface area contributed by atoms with Crippen molar-refractivity contribution in [2.45, 2.75) is 102 Å². The van der Waals surface area contributed by atoms with Crippen LogP contribution < -0.4 is 9.47 Å². The van der Waals surface area contributed by atoms with Crippen molar-refractivity contribution in [3.8, 4) is 11.5 Å². The van der Waals surface area contributed by atoms with Crippen molar-refractivity contribution < 1.29 is 32.9 Å². The second-order valence-electron chi connectivity index (χ2n) is 14.8. The number of halogens is 1. The van der Waals surface area contributed by atoms with Crippen molar-refractivity contribution in [3.63, 3.8) is 0 Å². The number of nitrogens with zero attached hydrogens (tertiary/aromatic N) is 3. The van der Waals surface area contributed by atoms with Crippen LogP contribution in [0.4, 0.5) is 0 Å². The maximum absolute atomic E-state index is 7.25. The van der Waals surface area contributed by atoms with Crippen LogP contribution in [-0.4, -0.2) is 69.3 Å². The Bertz CT molecular complexity index is 1650. The fraction of sp³-hybridized carbons (Fsp3) is 0.474. The number of benzene rings is 3. The van der Waals surface area contributed by atoms with Crippen LogP contribution in [0.1, 0.15) is 57.4 Å². The smallest absolute Gasteiger partial charge is 0.231 e. The molecule has 3 aromatic rings. The van der Waals surface area contributed by atoms with Crippen LogP contribution in [0.25, 0.3) is 0 Å². The first-order valence-electron chi connectivity index (χ1n) is 17.1. The molecular formula is C38H48IN3O7Si. The average Bonchev–Trinajstić information content (AvgIpc) is 3.60. The molecule has 3 aliphatic rings. The summed E-state index contributed by atoms with van der Waals surface area (Å²) < 4.78 is 39.5. The zero-order valence-corrected chi connectivity index (χ0v) is 33.0. The molecule has 12 heteroatoms. The molecular weight excluding hydrogens is 765 g/mol. The van der Waals surface area contributed by atoms with E-state index in [0.717, 1.165) is 27.0 Å². The summed E-state index contributed by atoms with van der Waals surface area (Å²) in [6, 6.07) is 24.5. The predicted molar refractivity (Wildman–Crippen MR) is 204 cm³/mol. The molecule has 0 spiro atoms. The molecule has 0 radical (unpaired) electrons. The van der Waals surface area contributed by atoms with E-state index in [1.165, 1.54) is 5.56 Å². The van der Waals surface area contributed by atoms with Gasteiger partial charge in [0.2, 0.25) is 6.79 Å². The summed E-state index contributed by atoms with van der Waals surface area (Å²) in [5, 5.41) is 11.3. The Morgan fingerprint density at radius 2 is 1.66 bits per heavy atom. The number of fused-ring (bicyclic) bond motifs is 1. The van der Waals surface area contributed by atoms with E-state index in [2.05, 4.69) is 90.9 Å². The fourth-order valence-corrected chi connectivity index (χ4v) is 7.55. The first-order chi connectivity index (χ1) is 23.8. The predicted octanol–water partition coefficient (Wildman–Crippen LogP) is 8.06. The highest BCUT2D eigenvalue weighted by molar-refractivity contribution is 14.1. The van der Waals surface area contributed by atoms with Gasteiger partial charge in [-0.2, -0.15) is 5.10 Å². The largest absolute Gasteiger partial charge is 0.454 e. The topological polar surface area (TPSA) is 92.3 Å². The second-order valence-corrected chi connectivity index (χ2v) is 20.7. The molecule has 268 valence electrons. The van der Waals surface area contributed by atoms with Gasteiger partial charge in [-0.15, -0.1) is 0 Å². The minimum Gasteiger partial charge on any atom is -0.454 e. The Labute approximate surface area is 310 Å². The van der Waals surface area contributed by atoms with Gasteiger partial charge < -0.3 is 32.9 Å². The van der Waals surface area contributed by atoms with E-state index in [1.807, 2.05) is 68.6 Å². The zero-order chi connectivity index (χ0) is 35.5. The molecule has 6 rings (SSSR count). The van der Waals surface area contributed by atoms with E-state index >= 15 is 0 Å². The summed E-state index contributed by atoms with van der Waals surface area (Å²) in [5.41, 5.74) is 3.23. The summed E-state index contributed by atoms with van der Waals surface area (Å²) >= 11 is 2.31. The van der Waals surface area contributed by atoms with Crippen molar-refractivity contribution >= 4 is 43.3 Å².